The van der Waals surface area contributed by atoms with E-state index in [1.165, 1.54) is 12.0 Å². The zero-order valence-corrected chi connectivity index (χ0v) is 26.1. The number of hydrogen-bond acceptors (Lipinski definition) is 5. The number of halogens is 5. The van der Waals surface area contributed by atoms with E-state index in [1.54, 1.807) is 0 Å². The lowest BCUT2D eigenvalue weighted by molar-refractivity contribution is 0.613. The van der Waals surface area contributed by atoms with Gasteiger partial charge in [0.15, 0.2) is 5.15 Å². The normalized spacial score (nSPS) is 19.9. The summed E-state index contributed by atoms with van der Waals surface area (Å²) in [6, 6.07) is 17.7. The number of aromatic amines is 2. The van der Waals surface area contributed by atoms with E-state index in [1.807, 2.05) is 18.0 Å². The predicted molar refractivity (Wildman–Crippen MR) is 174 cm³/mol. The van der Waals surface area contributed by atoms with Gasteiger partial charge >= 0.3 is 0 Å². The van der Waals surface area contributed by atoms with Crippen molar-refractivity contribution in [3.63, 3.8) is 0 Å². The molecule has 2 aliphatic heterocycles. The van der Waals surface area contributed by atoms with Gasteiger partial charge in [0.2, 0.25) is 0 Å². The molecule has 6 nitrogen and oxygen atoms in total. The van der Waals surface area contributed by atoms with Crippen LogP contribution in [0.2, 0.25) is 5.15 Å². The molecule has 2 aromatic carbocycles. The number of thioether (sulfide) groups is 1. The quantitative estimate of drug-likeness (QED) is 0.172. The van der Waals surface area contributed by atoms with Crippen molar-refractivity contribution in [2.75, 3.05) is 19.3 Å². The number of nitrogens with zero attached hydrogens (tertiary/aromatic N) is 2. The average Bonchev–Trinajstić information content (AvgIpc) is 3.70. The summed E-state index contributed by atoms with van der Waals surface area (Å²) in [5.74, 6) is 1.96. The molecule has 4 aromatic rings. The molecule has 4 heterocycles. The molecule has 3 atom stereocenters. The van der Waals surface area contributed by atoms with Crippen molar-refractivity contribution in [1.82, 2.24) is 30.6 Å². The number of imidazole rings is 2. The van der Waals surface area contributed by atoms with Gasteiger partial charge in [-0.1, -0.05) is 60.1 Å². The van der Waals surface area contributed by atoms with Crippen LogP contribution in [0.1, 0.15) is 43.0 Å². The molecule has 0 amide bonds. The molecule has 6 rings (SSSR count). The summed E-state index contributed by atoms with van der Waals surface area (Å²) in [7, 11) is 0. The topological polar surface area (TPSA) is 81.4 Å². The van der Waals surface area contributed by atoms with Crippen LogP contribution in [0.4, 0.5) is 0 Å². The summed E-state index contributed by atoms with van der Waals surface area (Å²) < 4.78 is 0. The first-order valence-corrected chi connectivity index (χ1v) is 13.9. The fraction of sp³-hybridized carbons (Fsp3) is 0.333. The summed E-state index contributed by atoms with van der Waals surface area (Å²) in [6.07, 6.45) is 7.49. The lowest BCUT2D eigenvalue weighted by Crippen LogP contribution is -2.15. The van der Waals surface area contributed by atoms with E-state index in [9.17, 15) is 0 Å². The maximum atomic E-state index is 6.46. The van der Waals surface area contributed by atoms with Crippen LogP contribution >= 0.6 is 73.0 Å². The van der Waals surface area contributed by atoms with Crippen molar-refractivity contribution in [2.24, 2.45) is 0 Å². The Labute approximate surface area is 263 Å². The Hall–Kier alpha value is -1.42. The highest BCUT2D eigenvalue weighted by molar-refractivity contribution is 7.99. The molecule has 12 heteroatoms. The van der Waals surface area contributed by atoms with Crippen molar-refractivity contribution in [2.45, 2.75) is 36.6 Å². The maximum Gasteiger partial charge on any atom is 0.155 e. The van der Waals surface area contributed by atoms with Crippen molar-refractivity contribution in [1.29, 1.82) is 0 Å². The Morgan fingerprint density at radius 3 is 2.03 bits per heavy atom. The highest BCUT2D eigenvalue weighted by Gasteiger charge is 2.26. The molecule has 0 saturated carbocycles. The lowest BCUT2D eigenvalue weighted by Gasteiger charge is -2.07. The van der Waals surface area contributed by atoms with Crippen LogP contribution in [0.5, 0.6) is 0 Å². The SMILES string of the molecule is CS[C@@H]1CN[C@H](c2ncc(-c3ccc(-c4ccc(-c5[nH]c([C@@H]6CCCN6)nc5Cl)cc4)cc3)[nH]2)C1.Cl.Cl.Cl.Cl. The minimum absolute atomic E-state index is 0. The molecule has 2 saturated heterocycles. The second-order valence-electron chi connectivity index (χ2n) is 9.33. The van der Waals surface area contributed by atoms with E-state index in [-0.39, 0.29) is 55.7 Å². The second kappa shape index (κ2) is 15.0. The molecule has 2 aliphatic rings. The van der Waals surface area contributed by atoms with Crippen molar-refractivity contribution in [3.8, 4) is 33.6 Å². The number of rotatable bonds is 6. The molecule has 4 N–H and O–H groups in total. The van der Waals surface area contributed by atoms with E-state index in [4.69, 9.17) is 11.6 Å². The molecular formula is C27H33Cl5N6S. The zero-order chi connectivity index (χ0) is 23.8. The number of H-pyrrole nitrogens is 2. The molecule has 0 unspecified atom stereocenters. The summed E-state index contributed by atoms with van der Waals surface area (Å²) in [5, 5.41) is 8.23. The molecule has 212 valence electrons. The Balaban J connectivity index is 0.00000133. The van der Waals surface area contributed by atoms with Crippen LogP contribution in [-0.4, -0.2) is 44.5 Å². The van der Waals surface area contributed by atoms with E-state index in [0.29, 0.717) is 16.4 Å². The first kappa shape index (κ1) is 33.8. The minimum atomic E-state index is 0. The highest BCUT2D eigenvalue weighted by atomic mass is 35.5. The number of hydrogen-bond donors (Lipinski definition) is 4. The second-order valence-corrected chi connectivity index (χ2v) is 10.8. The van der Waals surface area contributed by atoms with Crippen LogP contribution in [0.3, 0.4) is 0 Å². The molecule has 0 bridgehead atoms. The summed E-state index contributed by atoms with van der Waals surface area (Å²) in [5.41, 5.74) is 6.46. The maximum absolute atomic E-state index is 6.46. The Kier molecular flexibility index (Phi) is 13.0. The smallest absolute Gasteiger partial charge is 0.155 e. The van der Waals surface area contributed by atoms with Gasteiger partial charge in [-0.25, -0.2) is 9.97 Å². The summed E-state index contributed by atoms with van der Waals surface area (Å²) in [6.45, 7) is 2.07. The van der Waals surface area contributed by atoms with E-state index in [2.05, 4.69) is 85.4 Å². The third kappa shape index (κ3) is 7.27. The average molecular weight is 651 g/mol. The largest absolute Gasteiger partial charge is 0.341 e. The fourth-order valence-electron chi connectivity index (χ4n) is 5.07. The van der Waals surface area contributed by atoms with E-state index < -0.39 is 0 Å². The van der Waals surface area contributed by atoms with Gasteiger partial charge in [0.1, 0.15) is 11.6 Å². The third-order valence-electron chi connectivity index (χ3n) is 7.12. The van der Waals surface area contributed by atoms with Gasteiger partial charge in [-0.15, -0.1) is 49.6 Å². The van der Waals surface area contributed by atoms with Crippen molar-refractivity contribution >= 4 is 73.0 Å². The predicted octanol–water partition coefficient (Wildman–Crippen LogP) is 7.66. The number of aromatic nitrogens is 4. The number of benzene rings is 2. The monoisotopic (exact) mass is 648 g/mol. The first-order chi connectivity index (χ1) is 17.2. The van der Waals surface area contributed by atoms with Gasteiger partial charge < -0.3 is 20.6 Å². The minimum Gasteiger partial charge on any atom is -0.341 e. The molecule has 39 heavy (non-hydrogen) atoms. The summed E-state index contributed by atoms with van der Waals surface area (Å²) in [4.78, 5) is 16.2. The van der Waals surface area contributed by atoms with Crippen molar-refractivity contribution < 1.29 is 0 Å². The Bertz CT molecular complexity index is 1310. The van der Waals surface area contributed by atoms with E-state index in [0.717, 1.165) is 65.7 Å². The van der Waals surface area contributed by atoms with Gasteiger partial charge in [-0.05, 0) is 48.8 Å². The van der Waals surface area contributed by atoms with Gasteiger partial charge in [0.05, 0.1) is 29.7 Å². The Morgan fingerprint density at radius 2 is 1.44 bits per heavy atom. The molecule has 0 aliphatic carbocycles. The molecule has 0 spiro atoms. The highest BCUT2D eigenvalue weighted by Crippen LogP contribution is 2.33. The van der Waals surface area contributed by atoms with Crippen LogP contribution in [-0.2, 0) is 0 Å². The van der Waals surface area contributed by atoms with Crippen LogP contribution in [0.15, 0.2) is 54.7 Å². The van der Waals surface area contributed by atoms with Gasteiger partial charge in [-0.3, -0.25) is 0 Å². The number of nitrogens with one attached hydrogen (secondary N) is 4. The van der Waals surface area contributed by atoms with Crippen LogP contribution in [0.25, 0.3) is 33.6 Å². The third-order valence-corrected chi connectivity index (χ3v) is 8.42. The van der Waals surface area contributed by atoms with Crippen LogP contribution in [0, 0.1) is 0 Å². The van der Waals surface area contributed by atoms with Gasteiger partial charge in [0.25, 0.3) is 0 Å². The molecule has 2 fully saturated rings. The standard InChI is InChI=1S/C27H29ClN6S.4ClH/c1-35-20-13-22(30-14-20)26-31-15-23(32-26)18-8-4-16(5-9-18)17-6-10-19(11-7-17)24-25(28)34-27(33-24)21-3-2-12-29-21;;;;/h4-11,15,20-22,29-30H,2-3,12-14H2,1H3,(H,31,32)(H,33,34);4*1H/t20-,21-,22-;;;;/m0..../s1. The Morgan fingerprint density at radius 1 is 0.795 bits per heavy atom. The molecule has 0 radical (unpaired) electrons. The first-order valence-electron chi connectivity index (χ1n) is 12.2. The van der Waals surface area contributed by atoms with Crippen LogP contribution < -0.4 is 10.6 Å². The van der Waals surface area contributed by atoms with Gasteiger partial charge in [0, 0.05) is 17.4 Å². The summed E-state index contributed by atoms with van der Waals surface area (Å²) >= 11 is 8.39. The molecular weight excluding hydrogens is 618 g/mol. The van der Waals surface area contributed by atoms with Gasteiger partial charge in [-0.2, -0.15) is 11.8 Å². The molecule has 2 aromatic heterocycles. The lowest BCUT2D eigenvalue weighted by atomic mass is 10.0. The van der Waals surface area contributed by atoms with Crippen molar-refractivity contribution in [3.05, 3.63) is 71.5 Å². The zero-order valence-electron chi connectivity index (χ0n) is 21.3. The van der Waals surface area contributed by atoms with E-state index >= 15 is 0 Å². The fourth-order valence-corrected chi connectivity index (χ4v) is 5.96.